The molecule has 0 aromatic heterocycles. The van der Waals surface area contributed by atoms with Gasteiger partial charge in [0.15, 0.2) is 0 Å². The fraction of sp³-hybridized carbons (Fsp3) is 0.548. The molecule has 2 amide bonds. The minimum absolute atomic E-state index is 0.00127. The number of nitro benzene ring substituents is 1. The largest absolute Gasteiger partial charge is 0.489 e. The van der Waals surface area contributed by atoms with Gasteiger partial charge in [-0.25, -0.2) is 0 Å². The molecule has 2 aromatic carbocycles. The van der Waals surface area contributed by atoms with Crippen molar-refractivity contribution in [1.82, 2.24) is 15.1 Å². The van der Waals surface area contributed by atoms with Crippen LogP contribution < -0.4 is 10.1 Å². The van der Waals surface area contributed by atoms with Crippen molar-refractivity contribution < 1.29 is 19.2 Å². The lowest BCUT2D eigenvalue weighted by molar-refractivity contribution is -0.430. The van der Waals surface area contributed by atoms with Gasteiger partial charge >= 0.3 is 0 Å². The topological polar surface area (TPSA) is 105 Å². The highest BCUT2D eigenvalue weighted by molar-refractivity contribution is 5.85. The Morgan fingerprint density at radius 2 is 1.68 bits per heavy atom. The Bertz CT molecular complexity index is 1310. The molecule has 5 aliphatic rings. The first kappa shape index (κ1) is 25.5. The molecule has 0 bridgehead atoms. The summed E-state index contributed by atoms with van der Waals surface area (Å²) in [6, 6.07) is 14.3. The molecule has 1 heterocycles. The van der Waals surface area contributed by atoms with Crippen LogP contribution in [0, 0.1) is 38.7 Å². The van der Waals surface area contributed by atoms with Crippen LogP contribution in [0.3, 0.4) is 0 Å². The third-order valence-electron chi connectivity index (χ3n) is 10.9. The van der Waals surface area contributed by atoms with E-state index in [9.17, 15) is 19.7 Å². The van der Waals surface area contributed by atoms with E-state index in [1.807, 2.05) is 29.2 Å². The molecule has 1 saturated heterocycles. The Morgan fingerprint density at radius 3 is 2.33 bits per heavy atom. The number of piperazine rings is 1. The van der Waals surface area contributed by atoms with E-state index in [1.165, 1.54) is 37.8 Å². The van der Waals surface area contributed by atoms with Gasteiger partial charge < -0.3 is 15.0 Å². The van der Waals surface area contributed by atoms with Gasteiger partial charge in [-0.3, -0.25) is 24.6 Å². The van der Waals surface area contributed by atoms with Crippen molar-refractivity contribution in [2.75, 3.05) is 32.7 Å². The van der Waals surface area contributed by atoms with Crippen molar-refractivity contribution >= 4 is 17.5 Å². The summed E-state index contributed by atoms with van der Waals surface area (Å²) in [4.78, 5) is 40.2. The van der Waals surface area contributed by atoms with Gasteiger partial charge in [0.05, 0.1) is 11.5 Å². The van der Waals surface area contributed by atoms with E-state index in [-0.39, 0.29) is 29.5 Å². The monoisotopic (exact) mass is 544 g/mol. The standard InChI is InChI=1S/C31H36N4O5/c36-28(17-30-15-24-13-23-14-25(16-30)31(23,24)30)32-18-29(37)34-11-9-33(10-12-34)19-22-3-1-2-4-27(22)40-20-21-5-7-26(8-6-21)35(38)39/h1-8,23-25H,9-20H2,(H,32,36). The van der Waals surface area contributed by atoms with Gasteiger partial charge in [-0.1, -0.05) is 18.2 Å². The average molecular weight is 545 g/mol. The molecular weight excluding hydrogens is 508 g/mol. The Hall–Kier alpha value is -3.46. The molecule has 2 unspecified atom stereocenters. The molecule has 4 saturated carbocycles. The fourth-order valence-corrected chi connectivity index (χ4v) is 9.16. The van der Waals surface area contributed by atoms with E-state index in [0.29, 0.717) is 38.1 Å². The molecule has 4 aliphatic carbocycles. The maximum absolute atomic E-state index is 12.8. The number of para-hydroxylation sites is 1. The van der Waals surface area contributed by atoms with Gasteiger partial charge in [0, 0.05) is 56.8 Å². The van der Waals surface area contributed by atoms with Crippen LogP contribution in [0.4, 0.5) is 5.69 Å². The zero-order chi connectivity index (χ0) is 27.5. The minimum Gasteiger partial charge on any atom is -0.489 e. The number of nitro groups is 1. The van der Waals surface area contributed by atoms with Crippen LogP contribution in [0.5, 0.6) is 5.75 Å². The van der Waals surface area contributed by atoms with E-state index >= 15 is 0 Å². The third-order valence-corrected chi connectivity index (χ3v) is 10.9. The first-order valence-corrected chi connectivity index (χ1v) is 14.6. The fourth-order valence-electron chi connectivity index (χ4n) is 9.16. The second-order valence-electron chi connectivity index (χ2n) is 12.6. The molecule has 2 atom stereocenters. The highest BCUT2D eigenvalue weighted by atomic mass is 16.6. The van der Waals surface area contributed by atoms with Gasteiger partial charge in [0.25, 0.3) is 5.69 Å². The van der Waals surface area contributed by atoms with Crippen molar-refractivity contribution in [1.29, 1.82) is 0 Å². The summed E-state index contributed by atoms with van der Waals surface area (Å²) in [5.74, 6) is 3.52. The number of hydrogen-bond donors (Lipinski definition) is 1. The van der Waals surface area contributed by atoms with Crippen LogP contribution in [0.2, 0.25) is 0 Å². The van der Waals surface area contributed by atoms with Gasteiger partial charge in [0.2, 0.25) is 11.8 Å². The molecule has 0 radical (unpaired) electrons. The Kier molecular flexibility index (Phi) is 6.11. The molecule has 5 fully saturated rings. The van der Waals surface area contributed by atoms with Crippen LogP contribution in [0.15, 0.2) is 48.5 Å². The number of nitrogens with one attached hydrogen (secondary N) is 1. The summed E-state index contributed by atoms with van der Waals surface area (Å²) in [5, 5.41) is 13.8. The molecule has 7 rings (SSSR count). The Labute approximate surface area is 234 Å². The van der Waals surface area contributed by atoms with E-state index in [2.05, 4.69) is 10.2 Å². The summed E-state index contributed by atoms with van der Waals surface area (Å²) in [6.07, 6.45) is 5.86. The minimum atomic E-state index is -0.410. The van der Waals surface area contributed by atoms with Crippen molar-refractivity contribution in [2.45, 2.75) is 45.3 Å². The molecule has 1 N–H and O–H groups in total. The molecule has 40 heavy (non-hydrogen) atoms. The number of carbonyl (C=O) groups is 2. The molecule has 9 nitrogen and oxygen atoms in total. The summed E-state index contributed by atoms with van der Waals surface area (Å²) in [5.41, 5.74) is 2.80. The lowest BCUT2D eigenvalue weighted by Gasteiger charge is -2.91. The number of non-ortho nitro benzene ring substituents is 1. The van der Waals surface area contributed by atoms with Gasteiger partial charge in [0.1, 0.15) is 12.4 Å². The summed E-state index contributed by atoms with van der Waals surface area (Å²) in [7, 11) is 0. The molecule has 2 aromatic rings. The van der Waals surface area contributed by atoms with E-state index in [1.54, 1.807) is 12.1 Å². The van der Waals surface area contributed by atoms with E-state index < -0.39 is 4.92 Å². The van der Waals surface area contributed by atoms with Crippen LogP contribution in [0.25, 0.3) is 0 Å². The van der Waals surface area contributed by atoms with E-state index in [0.717, 1.165) is 47.7 Å². The van der Waals surface area contributed by atoms with E-state index in [4.69, 9.17) is 4.74 Å². The first-order valence-electron chi connectivity index (χ1n) is 14.6. The second kappa shape index (κ2) is 9.58. The zero-order valence-corrected chi connectivity index (χ0v) is 22.7. The number of carbonyl (C=O) groups excluding carboxylic acids is 2. The lowest BCUT2D eigenvalue weighted by atomic mass is 9.13. The van der Waals surface area contributed by atoms with Gasteiger partial charge in [-0.15, -0.1) is 0 Å². The predicted octanol–water partition coefficient (Wildman–Crippen LogP) is 3.76. The van der Waals surface area contributed by atoms with Crippen LogP contribution >= 0.6 is 0 Å². The normalized spacial score (nSPS) is 31.3. The zero-order valence-electron chi connectivity index (χ0n) is 22.7. The highest BCUT2D eigenvalue weighted by Gasteiger charge is 2.87. The highest BCUT2D eigenvalue weighted by Crippen LogP contribution is 2.93. The summed E-state index contributed by atoms with van der Waals surface area (Å²) >= 11 is 0. The molecule has 210 valence electrons. The first-order chi connectivity index (χ1) is 19.4. The third kappa shape index (κ3) is 3.92. The molecular formula is C31H36N4O5. The maximum Gasteiger partial charge on any atom is 0.269 e. The maximum atomic E-state index is 12.8. The van der Waals surface area contributed by atoms with Crippen LogP contribution in [-0.4, -0.2) is 59.3 Å². The predicted molar refractivity (Wildman–Crippen MR) is 147 cm³/mol. The quantitative estimate of drug-likeness (QED) is 0.361. The van der Waals surface area contributed by atoms with Gasteiger partial charge in [-0.05, 0) is 78.0 Å². The van der Waals surface area contributed by atoms with Crippen molar-refractivity contribution in [2.24, 2.45) is 28.6 Å². The van der Waals surface area contributed by atoms with Crippen molar-refractivity contribution in [3.8, 4) is 5.75 Å². The number of amides is 2. The van der Waals surface area contributed by atoms with Crippen molar-refractivity contribution in [3.05, 3.63) is 69.8 Å². The number of hydrogen-bond acceptors (Lipinski definition) is 6. The summed E-state index contributed by atoms with van der Waals surface area (Å²) < 4.78 is 6.06. The smallest absolute Gasteiger partial charge is 0.269 e. The number of nitrogens with zero attached hydrogens (tertiary/aromatic N) is 3. The van der Waals surface area contributed by atoms with Crippen LogP contribution in [0.1, 0.15) is 43.2 Å². The summed E-state index contributed by atoms with van der Waals surface area (Å²) in [6.45, 7) is 3.92. The lowest BCUT2D eigenvalue weighted by Crippen LogP contribution is -2.85. The average Bonchev–Trinajstić information content (AvgIpc) is 2.92. The van der Waals surface area contributed by atoms with Crippen LogP contribution in [-0.2, 0) is 22.7 Å². The number of benzene rings is 2. The Balaban J connectivity index is 0.853. The number of ether oxygens (including phenoxy) is 1. The Morgan fingerprint density at radius 1 is 0.975 bits per heavy atom. The SMILES string of the molecule is O=C(CC12CC3CC4CC(C1)C432)NCC(=O)N1CCN(Cc2ccccc2OCc2ccc([N+](=O)[O-])cc2)CC1. The second-order valence-corrected chi connectivity index (χ2v) is 12.6. The molecule has 9 heteroatoms. The molecule has 1 spiro atoms. The number of rotatable bonds is 10. The van der Waals surface area contributed by atoms with Crippen molar-refractivity contribution in [3.63, 3.8) is 0 Å². The van der Waals surface area contributed by atoms with Gasteiger partial charge in [-0.2, -0.15) is 0 Å². The molecule has 1 aliphatic heterocycles.